The smallest absolute Gasteiger partial charge is 0.328 e. The summed E-state index contributed by atoms with van der Waals surface area (Å²) in [6.45, 7) is 7.99. The average molecular weight is 339 g/mol. The zero-order valence-electron chi connectivity index (χ0n) is 13.9. The first-order chi connectivity index (χ1) is 10.8. The van der Waals surface area contributed by atoms with Crippen LogP contribution in [0.3, 0.4) is 0 Å². The summed E-state index contributed by atoms with van der Waals surface area (Å²) < 4.78 is 26.4. The van der Waals surface area contributed by atoms with E-state index in [4.69, 9.17) is 0 Å². The fraction of sp³-hybridized carbons (Fsp3) is 0.562. The summed E-state index contributed by atoms with van der Waals surface area (Å²) in [6, 6.07) is 6.24. The Bertz CT molecular complexity index is 633. The molecule has 23 heavy (non-hydrogen) atoms. The molecule has 2 amide bonds. The Hall–Kier alpha value is -1.60. The molecule has 1 aliphatic rings. The zero-order valence-corrected chi connectivity index (χ0v) is 14.7. The minimum atomic E-state index is -3.82. The minimum Gasteiger partial charge on any atom is -0.334 e. The van der Waals surface area contributed by atoms with Gasteiger partial charge >= 0.3 is 6.03 Å². The number of piperidine rings is 1. The van der Waals surface area contributed by atoms with E-state index in [9.17, 15) is 13.2 Å². The van der Waals surface area contributed by atoms with Crippen LogP contribution in [0.15, 0.2) is 29.2 Å². The zero-order chi connectivity index (χ0) is 17.0. The van der Waals surface area contributed by atoms with E-state index in [2.05, 4.69) is 28.8 Å². The number of benzene rings is 1. The van der Waals surface area contributed by atoms with Crippen molar-refractivity contribution in [3.63, 3.8) is 0 Å². The van der Waals surface area contributed by atoms with Crippen LogP contribution >= 0.6 is 0 Å². The Balaban J connectivity index is 1.88. The van der Waals surface area contributed by atoms with Gasteiger partial charge < -0.3 is 10.2 Å². The number of likely N-dealkylation sites (tertiary alicyclic amines) is 1. The van der Waals surface area contributed by atoms with E-state index >= 15 is 0 Å². The van der Waals surface area contributed by atoms with Gasteiger partial charge in [0.1, 0.15) is 0 Å². The van der Waals surface area contributed by atoms with E-state index in [0.29, 0.717) is 6.04 Å². The maximum Gasteiger partial charge on any atom is 0.328 e. The van der Waals surface area contributed by atoms with Crippen LogP contribution < -0.4 is 10.0 Å². The van der Waals surface area contributed by atoms with E-state index in [1.807, 2.05) is 6.92 Å². The number of hydrogen-bond acceptors (Lipinski definition) is 4. The number of nitrogens with one attached hydrogen (secondary N) is 2. The maximum absolute atomic E-state index is 12.2. The Labute approximate surface area is 138 Å². The van der Waals surface area contributed by atoms with Crippen molar-refractivity contribution >= 4 is 16.1 Å². The molecule has 1 aliphatic heterocycles. The summed E-state index contributed by atoms with van der Waals surface area (Å²) in [7, 11) is -3.82. The summed E-state index contributed by atoms with van der Waals surface area (Å²) in [6.07, 6.45) is 1.66. The van der Waals surface area contributed by atoms with Crippen LogP contribution in [0.1, 0.15) is 32.3 Å². The number of rotatable bonds is 4. The molecule has 128 valence electrons. The lowest BCUT2D eigenvalue weighted by molar-refractivity contribution is 0.162. The Morgan fingerprint density at radius 3 is 2.26 bits per heavy atom. The SMILES string of the molecule is Cc1ccc(S(=O)(=O)NC(=O)NC2CCN(C(C)C)CC2)cc1. The standard InChI is InChI=1S/C16H25N3O3S/c1-12(2)19-10-8-14(9-11-19)17-16(20)18-23(21,22)15-6-4-13(3)5-7-15/h4-7,12,14H,8-11H2,1-3H3,(H2,17,18,20). The molecular weight excluding hydrogens is 314 g/mol. The number of aryl methyl sites for hydroxylation is 1. The molecule has 0 radical (unpaired) electrons. The molecule has 0 atom stereocenters. The number of amides is 2. The molecule has 0 aliphatic carbocycles. The molecule has 1 fully saturated rings. The van der Waals surface area contributed by atoms with Gasteiger partial charge in [0.25, 0.3) is 10.0 Å². The average Bonchev–Trinajstić information content (AvgIpc) is 2.47. The van der Waals surface area contributed by atoms with Crippen molar-refractivity contribution in [1.82, 2.24) is 14.9 Å². The molecule has 1 saturated heterocycles. The normalized spacial score (nSPS) is 17.2. The van der Waals surface area contributed by atoms with Crippen LogP contribution in [0.2, 0.25) is 0 Å². The Morgan fingerprint density at radius 2 is 1.74 bits per heavy atom. The van der Waals surface area contributed by atoms with Crippen molar-refractivity contribution in [3.05, 3.63) is 29.8 Å². The van der Waals surface area contributed by atoms with Crippen LogP contribution in [0.4, 0.5) is 4.79 Å². The monoisotopic (exact) mass is 339 g/mol. The van der Waals surface area contributed by atoms with Crippen LogP contribution in [0.5, 0.6) is 0 Å². The number of carbonyl (C=O) groups is 1. The van der Waals surface area contributed by atoms with Crippen molar-refractivity contribution in [1.29, 1.82) is 0 Å². The molecule has 0 saturated carbocycles. The topological polar surface area (TPSA) is 78.5 Å². The van der Waals surface area contributed by atoms with Gasteiger partial charge in [-0.15, -0.1) is 0 Å². The molecule has 1 aromatic carbocycles. The molecular formula is C16H25N3O3S. The predicted molar refractivity (Wildman–Crippen MR) is 89.8 cm³/mol. The second kappa shape index (κ2) is 7.31. The van der Waals surface area contributed by atoms with Crippen molar-refractivity contribution in [2.24, 2.45) is 0 Å². The van der Waals surface area contributed by atoms with E-state index in [0.717, 1.165) is 31.5 Å². The van der Waals surface area contributed by atoms with E-state index in [1.54, 1.807) is 12.1 Å². The molecule has 0 unspecified atom stereocenters. The van der Waals surface area contributed by atoms with Crippen molar-refractivity contribution in [2.75, 3.05) is 13.1 Å². The highest BCUT2D eigenvalue weighted by Crippen LogP contribution is 2.13. The van der Waals surface area contributed by atoms with Gasteiger partial charge in [0.15, 0.2) is 0 Å². The van der Waals surface area contributed by atoms with Crippen molar-refractivity contribution in [2.45, 2.75) is 50.6 Å². The molecule has 1 aromatic rings. The fourth-order valence-electron chi connectivity index (χ4n) is 2.67. The highest BCUT2D eigenvalue weighted by atomic mass is 32.2. The van der Waals surface area contributed by atoms with E-state index in [1.165, 1.54) is 12.1 Å². The van der Waals surface area contributed by atoms with Gasteiger partial charge in [0.2, 0.25) is 0 Å². The third-order valence-electron chi connectivity index (χ3n) is 4.15. The van der Waals surface area contributed by atoms with Crippen LogP contribution in [-0.2, 0) is 10.0 Å². The molecule has 2 rings (SSSR count). The van der Waals surface area contributed by atoms with E-state index in [-0.39, 0.29) is 10.9 Å². The number of urea groups is 1. The Morgan fingerprint density at radius 1 is 1.17 bits per heavy atom. The summed E-state index contributed by atoms with van der Waals surface area (Å²) in [4.78, 5) is 14.4. The lowest BCUT2D eigenvalue weighted by Crippen LogP contribution is -2.50. The van der Waals surface area contributed by atoms with Gasteiger partial charge in [-0.1, -0.05) is 17.7 Å². The number of carbonyl (C=O) groups excluding carboxylic acids is 1. The summed E-state index contributed by atoms with van der Waals surface area (Å²) in [5.74, 6) is 0. The Kier molecular flexibility index (Phi) is 5.64. The van der Waals surface area contributed by atoms with Gasteiger partial charge in [0.05, 0.1) is 4.90 Å². The second-order valence-electron chi connectivity index (χ2n) is 6.30. The van der Waals surface area contributed by atoms with Crippen LogP contribution in [0, 0.1) is 6.92 Å². The second-order valence-corrected chi connectivity index (χ2v) is 7.98. The van der Waals surface area contributed by atoms with Gasteiger partial charge in [-0.3, -0.25) is 0 Å². The third kappa shape index (κ3) is 4.94. The van der Waals surface area contributed by atoms with Gasteiger partial charge in [-0.2, -0.15) is 0 Å². The van der Waals surface area contributed by atoms with Gasteiger partial charge in [-0.25, -0.2) is 17.9 Å². The minimum absolute atomic E-state index is 0.0122. The number of sulfonamides is 1. The third-order valence-corrected chi connectivity index (χ3v) is 5.50. The first-order valence-corrected chi connectivity index (χ1v) is 9.40. The number of hydrogen-bond donors (Lipinski definition) is 2. The largest absolute Gasteiger partial charge is 0.334 e. The maximum atomic E-state index is 12.2. The van der Waals surface area contributed by atoms with Crippen LogP contribution in [-0.4, -0.2) is 44.5 Å². The predicted octanol–water partition coefficient (Wildman–Crippen LogP) is 1.86. The molecule has 2 N–H and O–H groups in total. The number of nitrogens with zero attached hydrogens (tertiary/aromatic N) is 1. The van der Waals surface area contributed by atoms with Crippen molar-refractivity contribution < 1.29 is 13.2 Å². The first-order valence-electron chi connectivity index (χ1n) is 7.92. The summed E-state index contributed by atoms with van der Waals surface area (Å²) >= 11 is 0. The first kappa shape index (κ1) is 17.7. The van der Waals surface area contributed by atoms with Crippen LogP contribution in [0.25, 0.3) is 0 Å². The van der Waals surface area contributed by atoms with Gasteiger partial charge in [-0.05, 0) is 45.7 Å². The molecule has 6 nitrogen and oxygen atoms in total. The molecule has 0 bridgehead atoms. The molecule has 1 heterocycles. The highest BCUT2D eigenvalue weighted by molar-refractivity contribution is 7.90. The fourth-order valence-corrected chi connectivity index (χ4v) is 3.59. The summed E-state index contributed by atoms with van der Waals surface area (Å²) in [5.41, 5.74) is 0.963. The lowest BCUT2D eigenvalue weighted by atomic mass is 10.0. The summed E-state index contributed by atoms with van der Waals surface area (Å²) in [5, 5.41) is 2.76. The van der Waals surface area contributed by atoms with E-state index < -0.39 is 16.1 Å². The van der Waals surface area contributed by atoms with Gasteiger partial charge in [0, 0.05) is 25.2 Å². The molecule has 0 aromatic heterocycles. The molecule has 0 spiro atoms. The lowest BCUT2D eigenvalue weighted by Gasteiger charge is -2.34. The molecule has 7 heteroatoms. The highest BCUT2D eigenvalue weighted by Gasteiger charge is 2.24. The van der Waals surface area contributed by atoms with Crippen molar-refractivity contribution in [3.8, 4) is 0 Å². The quantitative estimate of drug-likeness (QED) is 0.877.